The molecule has 0 saturated carbocycles. The maximum Gasteiger partial charge on any atom is 0.221 e. The number of benzene rings is 1. The number of imidazole rings is 1. The average Bonchev–Trinajstić information content (AvgIpc) is 3.21. The number of pyridine rings is 1. The van der Waals surface area contributed by atoms with Crippen LogP contribution in [-0.2, 0) is 17.3 Å². The van der Waals surface area contributed by atoms with E-state index in [-0.39, 0.29) is 0 Å². The van der Waals surface area contributed by atoms with E-state index in [4.69, 9.17) is 4.98 Å². The first-order valence-electron chi connectivity index (χ1n) is 7.46. The Labute approximate surface area is 141 Å². The number of hydrogen-bond donors (Lipinski definition) is 0. The van der Waals surface area contributed by atoms with Gasteiger partial charge in [-0.1, -0.05) is 36.4 Å². The van der Waals surface area contributed by atoms with Crippen LogP contribution in [0.1, 0.15) is 5.69 Å². The van der Waals surface area contributed by atoms with Crippen LogP contribution in [0.3, 0.4) is 0 Å². The van der Waals surface area contributed by atoms with E-state index < -0.39 is 10.8 Å². The Morgan fingerprint density at radius 2 is 1.88 bits per heavy atom. The van der Waals surface area contributed by atoms with E-state index in [2.05, 4.69) is 10.2 Å². The molecule has 0 radical (unpaired) electrons. The van der Waals surface area contributed by atoms with E-state index in [9.17, 15) is 4.21 Å². The first-order chi connectivity index (χ1) is 11.7. The normalized spacial score (nSPS) is 12.5. The molecule has 0 aliphatic rings. The van der Waals surface area contributed by atoms with Gasteiger partial charge in [0.25, 0.3) is 0 Å². The van der Waals surface area contributed by atoms with Crippen molar-refractivity contribution in [2.75, 3.05) is 6.26 Å². The van der Waals surface area contributed by atoms with Crippen molar-refractivity contribution in [1.29, 1.82) is 0 Å². The summed E-state index contributed by atoms with van der Waals surface area (Å²) in [6.45, 7) is 0.497. The summed E-state index contributed by atoms with van der Waals surface area (Å²) in [5, 5.41) is 8.32. The molecule has 7 heteroatoms. The molecule has 1 atom stereocenters. The molecule has 6 nitrogen and oxygen atoms in total. The van der Waals surface area contributed by atoms with Gasteiger partial charge in [-0.2, -0.15) is 0 Å². The minimum atomic E-state index is -1.20. The summed E-state index contributed by atoms with van der Waals surface area (Å²) in [6.07, 6.45) is 5.19. The Balaban J connectivity index is 1.90. The fraction of sp³-hybridized carbons (Fsp3) is 0.118. The van der Waals surface area contributed by atoms with E-state index in [1.54, 1.807) is 17.2 Å². The van der Waals surface area contributed by atoms with E-state index in [1.807, 2.05) is 59.1 Å². The van der Waals surface area contributed by atoms with Gasteiger partial charge < -0.3 is 8.97 Å². The molecule has 3 heterocycles. The molecule has 0 aliphatic heterocycles. The fourth-order valence-corrected chi connectivity index (χ4v) is 3.37. The van der Waals surface area contributed by atoms with Crippen molar-refractivity contribution >= 4 is 16.4 Å². The van der Waals surface area contributed by atoms with Gasteiger partial charge in [0.05, 0.1) is 28.7 Å². The molecule has 0 unspecified atom stereocenters. The molecule has 120 valence electrons. The average molecular weight is 337 g/mol. The van der Waals surface area contributed by atoms with Gasteiger partial charge in [0.15, 0.2) is 0 Å². The minimum Gasteiger partial charge on any atom is -0.302 e. The highest BCUT2D eigenvalue weighted by Crippen LogP contribution is 2.25. The molecule has 0 fully saturated rings. The largest absolute Gasteiger partial charge is 0.302 e. The van der Waals surface area contributed by atoms with Crippen molar-refractivity contribution in [3.8, 4) is 11.3 Å². The van der Waals surface area contributed by atoms with Crippen molar-refractivity contribution in [2.45, 2.75) is 11.7 Å². The lowest BCUT2D eigenvalue weighted by Crippen LogP contribution is -2.08. The quantitative estimate of drug-likeness (QED) is 0.573. The number of fused-ring (bicyclic) bond motifs is 1. The molecule has 0 bridgehead atoms. The zero-order valence-corrected chi connectivity index (χ0v) is 13.8. The third-order valence-electron chi connectivity index (χ3n) is 3.83. The van der Waals surface area contributed by atoms with Gasteiger partial charge in [0.1, 0.15) is 12.0 Å². The number of aromatic nitrogens is 5. The van der Waals surface area contributed by atoms with Crippen molar-refractivity contribution in [1.82, 2.24) is 24.1 Å². The van der Waals surface area contributed by atoms with Crippen LogP contribution in [-0.4, -0.2) is 34.6 Å². The molecule has 0 saturated heterocycles. The molecule has 0 N–H and O–H groups in total. The molecular weight excluding hydrogens is 322 g/mol. The highest BCUT2D eigenvalue weighted by molar-refractivity contribution is 7.84. The Morgan fingerprint density at radius 1 is 1.08 bits per heavy atom. The molecular formula is C17H15N5OS. The van der Waals surface area contributed by atoms with Crippen LogP contribution in [0.25, 0.3) is 16.9 Å². The van der Waals surface area contributed by atoms with Gasteiger partial charge in [-0.25, -0.2) is 4.98 Å². The maximum atomic E-state index is 11.8. The van der Waals surface area contributed by atoms with Gasteiger partial charge >= 0.3 is 0 Å². The molecule has 3 aromatic heterocycles. The van der Waals surface area contributed by atoms with E-state index >= 15 is 0 Å². The smallest absolute Gasteiger partial charge is 0.221 e. The monoisotopic (exact) mass is 337 g/mol. The van der Waals surface area contributed by atoms with Gasteiger partial charge in [-0.05, 0) is 12.1 Å². The lowest BCUT2D eigenvalue weighted by atomic mass is 10.1. The molecule has 24 heavy (non-hydrogen) atoms. The van der Waals surface area contributed by atoms with Crippen molar-refractivity contribution in [3.05, 3.63) is 66.7 Å². The van der Waals surface area contributed by atoms with Gasteiger partial charge in [-0.15, -0.1) is 10.2 Å². The first-order valence-corrected chi connectivity index (χ1v) is 9.02. The Morgan fingerprint density at radius 3 is 2.67 bits per heavy atom. The Bertz CT molecular complexity index is 1020. The SMILES string of the molecule is C[S@](=O)c1nncn1Cc1c(-c2ccccc2)nc2ccccn12. The molecule has 1 aromatic carbocycles. The molecule has 0 aliphatic carbocycles. The van der Waals surface area contributed by atoms with Crippen LogP contribution < -0.4 is 0 Å². The third kappa shape index (κ3) is 2.52. The standard InChI is InChI=1S/C17H15N5OS/c1-24(23)17-20-18-12-21(17)11-14-16(13-7-3-2-4-8-13)19-15-9-5-6-10-22(14)15/h2-10,12H,11H2,1H3/t24-/m0/s1. The highest BCUT2D eigenvalue weighted by Gasteiger charge is 2.16. The second-order valence-corrected chi connectivity index (χ2v) is 6.67. The molecule has 0 spiro atoms. The predicted octanol–water partition coefficient (Wildman–Crippen LogP) is 2.38. The van der Waals surface area contributed by atoms with Crippen LogP contribution in [0.2, 0.25) is 0 Å². The summed E-state index contributed by atoms with van der Waals surface area (Å²) in [7, 11) is -1.20. The fourth-order valence-electron chi connectivity index (χ4n) is 2.76. The summed E-state index contributed by atoms with van der Waals surface area (Å²) in [5.74, 6) is 0. The summed E-state index contributed by atoms with van der Waals surface area (Å²) < 4.78 is 15.7. The molecule has 4 aromatic rings. The summed E-state index contributed by atoms with van der Waals surface area (Å²) in [5.41, 5.74) is 3.83. The van der Waals surface area contributed by atoms with E-state index in [0.29, 0.717) is 11.7 Å². The summed E-state index contributed by atoms with van der Waals surface area (Å²) in [4.78, 5) is 4.77. The Hall–Kier alpha value is -2.80. The van der Waals surface area contributed by atoms with E-state index in [1.165, 1.54) is 0 Å². The van der Waals surface area contributed by atoms with Crippen molar-refractivity contribution in [2.24, 2.45) is 0 Å². The predicted molar refractivity (Wildman–Crippen MR) is 92.1 cm³/mol. The number of nitrogens with zero attached hydrogens (tertiary/aromatic N) is 5. The second kappa shape index (κ2) is 6.01. The molecule has 0 amide bonds. The molecule has 4 rings (SSSR count). The van der Waals surface area contributed by atoms with Crippen LogP contribution >= 0.6 is 0 Å². The van der Waals surface area contributed by atoms with Crippen LogP contribution in [0.15, 0.2) is 66.2 Å². The maximum absolute atomic E-state index is 11.8. The van der Waals surface area contributed by atoms with Crippen molar-refractivity contribution < 1.29 is 4.21 Å². The van der Waals surface area contributed by atoms with Gasteiger partial charge in [0, 0.05) is 18.0 Å². The van der Waals surface area contributed by atoms with Crippen LogP contribution in [0, 0.1) is 0 Å². The van der Waals surface area contributed by atoms with Crippen molar-refractivity contribution in [3.63, 3.8) is 0 Å². The topological polar surface area (TPSA) is 65.1 Å². The van der Waals surface area contributed by atoms with Gasteiger partial charge in [-0.3, -0.25) is 4.21 Å². The van der Waals surface area contributed by atoms with E-state index in [0.717, 1.165) is 22.6 Å². The van der Waals surface area contributed by atoms with Gasteiger partial charge in [0.2, 0.25) is 5.16 Å². The highest BCUT2D eigenvalue weighted by atomic mass is 32.2. The Kier molecular flexibility index (Phi) is 3.70. The minimum absolute atomic E-state index is 0.458. The lowest BCUT2D eigenvalue weighted by Gasteiger charge is -2.08. The number of hydrogen-bond acceptors (Lipinski definition) is 4. The summed E-state index contributed by atoms with van der Waals surface area (Å²) >= 11 is 0. The number of rotatable bonds is 4. The summed E-state index contributed by atoms with van der Waals surface area (Å²) in [6, 6.07) is 16.0. The zero-order valence-electron chi connectivity index (χ0n) is 13.0. The second-order valence-electron chi connectivity index (χ2n) is 5.40. The van der Waals surface area contributed by atoms with Crippen LogP contribution in [0.5, 0.6) is 0 Å². The zero-order chi connectivity index (χ0) is 16.5. The first kappa shape index (κ1) is 14.8. The van der Waals surface area contributed by atoms with Crippen LogP contribution in [0.4, 0.5) is 0 Å². The third-order valence-corrected chi connectivity index (χ3v) is 4.66. The lowest BCUT2D eigenvalue weighted by molar-refractivity contribution is 0.647.